The number of carboxylic acid groups (broad SMARTS) is 1. The average Bonchev–Trinajstić information content (AvgIpc) is 1.04. The van der Waals surface area contributed by atoms with E-state index in [-0.39, 0.29) is 85.2 Å². The van der Waals surface area contributed by atoms with Crippen molar-refractivity contribution in [1.82, 2.24) is 48.1 Å². The van der Waals surface area contributed by atoms with Gasteiger partial charge in [-0.05, 0) is 176 Å². The van der Waals surface area contributed by atoms with Crippen LogP contribution in [0.5, 0.6) is 0 Å². The molecule has 0 atom stereocenters. The predicted molar refractivity (Wildman–Crippen MR) is 424 cm³/mol. The number of nitro groups is 2. The highest BCUT2D eigenvalue weighted by molar-refractivity contribution is 7.92. The summed E-state index contributed by atoms with van der Waals surface area (Å²) < 4.78 is 120. The predicted octanol–water partition coefficient (Wildman–Crippen LogP) is 14.0. The second kappa shape index (κ2) is 36.9. The summed E-state index contributed by atoms with van der Waals surface area (Å²) in [5.74, 6) is -3.50. The molecule has 0 saturated heterocycles. The van der Waals surface area contributed by atoms with E-state index in [0.29, 0.717) is 54.6 Å². The molecule has 0 radical (unpaired) electrons. The number of aromatic carboxylic acids is 1. The number of anilines is 3. The summed E-state index contributed by atoms with van der Waals surface area (Å²) in [7, 11) is -8.07. The molecule has 0 unspecified atom stereocenters. The van der Waals surface area contributed by atoms with Crippen LogP contribution in [0.25, 0.3) is 60.7 Å². The van der Waals surface area contributed by atoms with E-state index in [1.54, 1.807) is 42.5 Å². The molecular formula is C74H50Cl2F5N15O16S4. The van der Waals surface area contributed by atoms with Gasteiger partial charge in [-0.25, -0.2) is 82.6 Å². The lowest BCUT2D eigenvalue weighted by atomic mass is 10.2. The van der Waals surface area contributed by atoms with Gasteiger partial charge in [-0.1, -0.05) is 29.3 Å². The van der Waals surface area contributed by atoms with E-state index in [9.17, 15) is 92.6 Å². The van der Waals surface area contributed by atoms with Crippen molar-refractivity contribution in [3.05, 3.63) is 348 Å². The zero-order valence-corrected chi connectivity index (χ0v) is 63.2. The van der Waals surface area contributed by atoms with E-state index < -0.39 is 71.2 Å². The Hall–Kier alpha value is -14.3. The van der Waals surface area contributed by atoms with E-state index in [2.05, 4.69) is 35.6 Å². The van der Waals surface area contributed by atoms with Gasteiger partial charge in [-0.3, -0.25) is 53.1 Å². The number of benzene rings is 9. The molecule has 42 heteroatoms. The number of carbonyl (C=O) groups is 3. The first-order valence-corrected chi connectivity index (χ1v) is 37.7. The number of nitrogens with one attached hydrogen (secondary N) is 5. The lowest BCUT2D eigenvalue weighted by molar-refractivity contribution is -0.385. The number of nitrogens with two attached hydrogens (primary N) is 1. The van der Waals surface area contributed by atoms with Crippen molar-refractivity contribution in [2.24, 2.45) is 0 Å². The van der Waals surface area contributed by atoms with Crippen molar-refractivity contribution in [2.75, 3.05) is 16.4 Å². The van der Waals surface area contributed by atoms with E-state index >= 15 is 0 Å². The molecule has 4 amide bonds. The number of carboxylic acids is 1. The first kappa shape index (κ1) is 84.1. The molecule has 9 aromatic carbocycles. The van der Waals surface area contributed by atoms with Gasteiger partial charge in [0.2, 0.25) is 0 Å². The van der Waals surface area contributed by atoms with Crippen LogP contribution in [0.4, 0.5) is 60.0 Å². The Morgan fingerprint density at radius 1 is 0.466 bits per heavy atom. The number of hydrogen-bond acceptors (Lipinski definition) is 22. The summed E-state index contributed by atoms with van der Waals surface area (Å²) >= 11 is 13.1. The summed E-state index contributed by atoms with van der Waals surface area (Å²) in [6.45, 7) is 1.93. The van der Waals surface area contributed by atoms with Gasteiger partial charge < -0.3 is 26.5 Å². The summed E-state index contributed by atoms with van der Waals surface area (Å²) in [5, 5.41) is 35.3. The standard InChI is InChI=1S/C20H15ClN4O4S2.C19H12ClFN4O4S2.C14H8FN3O3.C8H5FN2O.C7H6FNO2.C6H4FNO2/c1-12-2-7-15-16(10-12)22-11-25(19(15)26)14-5-3-13(4-6-14)23-20(27)24-31(28,29)18-9-8-17(21)30-18;20-16-7-8-17(30-16)31(28,29)24-19(27)23-12-2-4-13(5-3-12)25-10-22-15-9-11(21)1-6-14(15)18(25)26;15-9-1-6-12-13(7-9)16-8-17(14(12)19)10-2-4-11(5-3-10)18(20)21;9-5-1-2-6-7(3-5)10-4-11-8(6)12;8-4-1-2-5(7(10)11)6(9)3-4;7-5-1-3-6(4-2-5)8(9)10/h2-11H,1H3,(H2,23,24,27);1-10H,(H2,23,24,27);1-8H;1-4H,(H,10,11,12);1-3H,9H2,(H,10,11);1-4H. The van der Waals surface area contributed by atoms with Crippen molar-refractivity contribution < 1.29 is 68.1 Å². The second-order valence-corrected chi connectivity index (χ2v) is 30.6. The van der Waals surface area contributed by atoms with Gasteiger partial charge in [0.05, 0.1) is 91.1 Å². The maximum Gasteiger partial charge on any atom is 0.337 e. The van der Waals surface area contributed by atoms with Crippen LogP contribution in [-0.2, 0) is 20.0 Å². The van der Waals surface area contributed by atoms with Crippen LogP contribution >= 0.6 is 45.9 Å². The van der Waals surface area contributed by atoms with Gasteiger partial charge >= 0.3 is 18.0 Å². The van der Waals surface area contributed by atoms with Crippen LogP contribution < -0.4 is 48.0 Å². The maximum atomic E-state index is 13.3. The zero-order valence-electron chi connectivity index (χ0n) is 58.5. The monoisotopic (exact) mass is 1700 g/mol. The van der Waals surface area contributed by atoms with Crippen LogP contribution in [0, 0.1) is 56.2 Å². The first-order chi connectivity index (χ1) is 55.1. The number of aromatic amines is 1. The maximum absolute atomic E-state index is 13.3. The number of rotatable bonds is 12. The Kier molecular flexibility index (Phi) is 26.8. The number of aryl methyl sites for hydroxylation is 1. The minimum Gasteiger partial charge on any atom is -0.478 e. The molecule has 8 N–H and O–H groups in total. The quantitative estimate of drug-likeness (QED) is 0.0258. The summed E-state index contributed by atoms with van der Waals surface area (Å²) in [5.41, 5.74) is 8.28. The molecule has 0 spiro atoms. The van der Waals surface area contributed by atoms with Gasteiger partial charge in [0, 0.05) is 59.5 Å². The van der Waals surface area contributed by atoms with Crippen LogP contribution in [0.1, 0.15) is 15.9 Å². The van der Waals surface area contributed by atoms with Crippen molar-refractivity contribution in [3.8, 4) is 17.1 Å². The van der Waals surface area contributed by atoms with E-state index in [4.69, 9.17) is 34.0 Å². The number of non-ortho nitro benzene ring substituents is 2. The van der Waals surface area contributed by atoms with Crippen LogP contribution in [0.2, 0.25) is 8.67 Å². The Morgan fingerprint density at radius 2 is 0.810 bits per heavy atom. The van der Waals surface area contributed by atoms with E-state index in [1.807, 2.05) is 28.5 Å². The van der Waals surface area contributed by atoms with Crippen molar-refractivity contribution >= 4 is 156 Å². The molecule has 116 heavy (non-hydrogen) atoms. The van der Waals surface area contributed by atoms with Gasteiger partial charge in [0.15, 0.2) is 0 Å². The van der Waals surface area contributed by atoms with Crippen LogP contribution in [0.3, 0.4) is 0 Å². The SMILES string of the molecule is Cc1ccc2c(=O)n(-c3ccc(NC(=O)NS(=O)(=O)c4ccc(Cl)s4)cc3)cnc2c1.Nc1cc(F)ccc1C(=O)O.O=C(Nc1ccc(-n2cnc3cc(F)ccc3c2=O)cc1)NS(=O)(=O)c1ccc(Cl)s1.O=[N+]([O-])c1ccc(F)cc1.O=c1[nH]cnc2cc(F)ccc12.O=c1c2ccc(F)cc2ncn1-c1ccc([N+](=O)[O-])cc1. The Balaban J connectivity index is 0.000000155. The van der Waals surface area contributed by atoms with Crippen LogP contribution in [0.15, 0.2) is 265 Å². The topological polar surface area (TPSA) is 451 Å². The number of aromatic nitrogens is 8. The highest BCUT2D eigenvalue weighted by Gasteiger charge is 2.22. The van der Waals surface area contributed by atoms with Crippen molar-refractivity contribution in [3.63, 3.8) is 0 Å². The highest BCUT2D eigenvalue weighted by atomic mass is 35.5. The normalized spacial score (nSPS) is 10.8. The minimum absolute atomic E-state index is 0.0579. The van der Waals surface area contributed by atoms with Crippen molar-refractivity contribution in [1.29, 1.82) is 0 Å². The molecule has 0 bridgehead atoms. The number of sulfonamides is 2. The van der Waals surface area contributed by atoms with Gasteiger partial charge in [-0.2, -0.15) is 0 Å². The molecule has 6 aromatic heterocycles. The third-order valence-corrected chi connectivity index (χ3v) is 21.6. The number of hydrogen-bond donors (Lipinski definition) is 7. The highest BCUT2D eigenvalue weighted by Crippen LogP contribution is 2.28. The first-order valence-electron chi connectivity index (χ1n) is 32.4. The minimum atomic E-state index is -4.05. The average molecular weight is 1700 g/mol. The molecule has 0 aliphatic heterocycles. The molecule has 0 aliphatic carbocycles. The molecular weight excluding hydrogens is 1650 g/mol. The second-order valence-electron chi connectivity index (χ2n) is 23.4. The smallest absolute Gasteiger partial charge is 0.337 e. The number of carbonyl (C=O) groups excluding carboxylic acids is 2. The summed E-state index contributed by atoms with van der Waals surface area (Å²) in [4.78, 5) is 121. The molecule has 15 rings (SSSR count). The van der Waals surface area contributed by atoms with Crippen LogP contribution in [-0.4, -0.2) is 88.4 Å². The van der Waals surface area contributed by atoms with E-state index in [0.717, 1.165) is 70.7 Å². The molecule has 0 aliphatic rings. The Labute approximate surface area is 665 Å². The molecule has 31 nitrogen and oxygen atoms in total. The zero-order chi connectivity index (χ0) is 83.9. The largest absolute Gasteiger partial charge is 0.478 e. The molecule has 590 valence electrons. The fraction of sp³-hybridized carbons (Fsp3) is 0.0135. The third-order valence-electron chi connectivity index (χ3n) is 15.5. The van der Waals surface area contributed by atoms with Gasteiger partial charge in [-0.15, -0.1) is 22.7 Å². The van der Waals surface area contributed by atoms with Crippen molar-refractivity contribution in [2.45, 2.75) is 15.3 Å². The third kappa shape index (κ3) is 21.7. The number of H-pyrrole nitrogens is 1. The molecule has 0 fully saturated rings. The number of amides is 4. The number of nitrogens with zero attached hydrogens (tertiary/aromatic N) is 9. The fourth-order valence-corrected chi connectivity index (χ4v) is 14.8. The Morgan fingerprint density at radius 3 is 1.19 bits per heavy atom. The molecule has 15 aromatic rings. The number of urea groups is 2. The lowest BCUT2D eigenvalue weighted by Crippen LogP contribution is -2.33. The number of thiophene rings is 2. The Bertz CT molecular complexity index is 6570. The molecule has 6 heterocycles. The molecule has 0 saturated carbocycles. The van der Waals surface area contributed by atoms with Gasteiger partial charge in [0.25, 0.3) is 53.7 Å². The number of fused-ring (bicyclic) bond motifs is 4. The summed E-state index contributed by atoms with van der Waals surface area (Å²) in [6.07, 6.45) is 5.24. The van der Waals surface area contributed by atoms with E-state index in [1.165, 1.54) is 154 Å². The number of nitro benzene ring substituents is 2. The fourth-order valence-electron chi connectivity index (χ4n) is 9.99. The number of halogens is 7. The summed E-state index contributed by atoms with van der Waals surface area (Å²) in [6, 6.07) is 45.7. The lowest BCUT2D eigenvalue weighted by Gasteiger charge is -2.10. The number of nitrogen functional groups attached to an aromatic ring is 1. The van der Waals surface area contributed by atoms with Gasteiger partial charge in [0.1, 0.15) is 56.5 Å².